The summed E-state index contributed by atoms with van der Waals surface area (Å²) < 4.78 is 0. The highest BCUT2D eigenvalue weighted by molar-refractivity contribution is 7.80. The van der Waals surface area contributed by atoms with Gasteiger partial charge in [0.15, 0.2) is 5.11 Å². The summed E-state index contributed by atoms with van der Waals surface area (Å²) in [5.41, 5.74) is 0.941. The van der Waals surface area contributed by atoms with Crippen molar-refractivity contribution in [3.05, 3.63) is 34.9 Å². The summed E-state index contributed by atoms with van der Waals surface area (Å²) in [7, 11) is 0. The van der Waals surface area contributed by atoms with Crippen LogP contribution >= 0.6 is 23.8 Å². The monoisotopic (exact) mass is 240 g/mol. The first-order valence-electron chi connectivity index (χ1n) is 4.51. The Kier molecular flexibility index (Phi) is 2.88. The number of carbonyl (C=O) groups is 1. The lowest BCUT2D eigenvalue weighted by molar-refractivity contribution is -0.120. The normalized spacial score (nSPS) is 19.9. The number of hydrogen-bond donors (Lipinski definition) is 2. The van der Waals surface area contributed by atoms with Gasteiger partial charge in [0.1, 0.15) is 6.04 Å². The topological polar surface area (TPSA) is 41.1 Å². The number of carbonyl (C=O) groups excluding carboxylic acids is 1. The average molecular weight is 241 g/mol. The van der Waals surface area contributed by atoms with Gasteiger partial charge in [-0.05, 0) is 23.8 Å². The van der Waals surface area contributed by atoms with Crippen LogP contribution in [0.15, 0.2) is 24.3 Å². The zero-order valence-electron chi connectivity index (χ0n) is 7.79. The molecule has 1 aliphatic rings. The van der Waals surface area contributed by atoms with Gasteiger partial charge in [-0.2, -0.15) is 0 Å². The summed E-state index contributed by atoms with van der Waals surface area (Å²) in [6, 6.07) is 7.16. The Hall–Kier alpha value is -1.13. The van der Waals surface area contributed by atoms with Gasteiger partial charge in [-0.1, -0.05) is 29.8 Å². The standard InChI is InChI=1S/C10H9ClN2OS/c11-7-4-2-1-3-6(7)5-8-9(14)13-10(15)12-8/h1-4,8H,5H2,(H2,12,13,14,15). The smallest absolute Gasteiger partial charge is 0.249 e. The number of halogens is 1. The molecule has 1 aromatic carbocycles. The van der Waals surface area contributed by atoms with Crippen molar-refractivity contribution >= 4 is 34.8 Å². The van der Waals surface area contributed by atoms with E-state index in [4.69, 9.17) is 23.8 Å². The molecule has 2 rings (SSSR count). The van der Waals surface area contributed by atoms with E-state index in [0.717, 1.165) is 5.56 Å². The Bertz CT molecular complexity index is 422. The number of thiocarbonyl (C=S) groups is 1. The molecule has 0 saturated carbocycles. The van der Waals surface area contributed by atoms with E-state index in [-0.39, 0.29) is 11.9 Å². The summed E-state index contributed by atoms with van der Waals surface area (Å²) >= 11 is 10.8. The van der Waals surface area contributed by atoms with Crippen LogP contribution in [-0.2, 0) is 11.2 Å². The predicted octanol–water partition coefficient (Wildman–Crippen LogP) is 1.26. The Morgan fingerprint density at radius 3 is 2.73 bits per heavy atom. The zero-order chi connectivity index (χ0) is 10.8. The highest BCUT2D eigenvalue weighted by Gasteiger charge is 2.27. The summed E-state index contributed by atoms with van der Waals surface area (Å²) in [5.74, 6) is -0.0973. The van der Waals surface area contributed by atoms with Gasteiger partial charge in [0.05, 0.1) is 0 Å². The van der Waals surface area contributed by atoms with Gasteiger partial charge in [-0.25, -0.2) is 0 Å². The van der Waals surface area contributed by atoms with Crippen molar-refractivity contribution in [2.75, 3.05) is 0 Å². The van der Waals surface area contributed by atoms with Crippen LogP contribution in [0.25, 0.3) is 0 Å². The van der Waals surface area contributed by atoms with E-state index >= 15 is 0 Å². The maximum Gasteiger partial charge on any atom is 0.249 e. The van der Waals surface area contributed by atoms with Crippen LogP contribution in [0.2, 0.25) is 5.02 Å². The third kappa shape index (κ3) is 2.27. The zero-order valence-corrected chi connectivity index (χ0v) is 9.36. The fourth-order valence-electron chi connectivity index (χ4n) is 1.49. The maximum atomic E-state index is 11.4. The van der Waals surface area contributed by atoms with E-state index < -0.39 is 0 Å². The molecular weight excluding hydrogens is 232 g/mol. The highest BCUT2D eigenvalue weighted by Crippen LogP contribution is 2.17. The fraction of sp³-hybridized carbons (Fsp3) is 0.200. The van der Waals surface area contributed by atoms with Crippen LogP contribution in [0, 0.1) is 0 Å². The van der Waals surface area contributed by atoms with E-state index in [0.29, 0.717) is 16.6 Å². The lowest BCUT2D eigenvalue weighted by atomic mass is 10.1. The highest BCUT2D eigenvalue weighted by atomic mass is 35.5. The lowest BCUT2D eigenvalue weighted by Gasteiger charge is -2.08. The van der Waals surface area contributed by atoms with Gasteiger partial charge in [0.25, 0.3) is 0 Å². The van der Waals surface area contributed by atoms with E-state index in [9.17, 15) is 4.79 Å². The Morgan fingerprint density at radius 2 is 2.13 bits per heavy atom. The summed E-state index contributed by atoms with van der Waals surface area (Å²) in [6.07, 6.45) is 0.547. The minimum atomic E-state index is -0.308. The molecule has 1 heterocycles. The van der Waals surface area contributed by atoms with Crippen molar-refractivity contribution in [2.24, 2.45) is 0 Å². The molecule has 1 atom stereocenters. The molecule has 1 aromatic rings. The molecule has 1 saturated heterocycles. The minimum absolute atomic E-state index is 0.0973. The van der Waals surface area contributed by atoms with Crippen LogP contribution < -0.4 is 10.6 Å². The molecule has 1 unspecified atom stereocenters. The Balaban J connectivity index is 2.13. The SMILES string of the molecule is O=C1NC(=S)NC1Cc1ccccc1Cl. The predicted molar refractivity (Wildman–Crippen MR) is 62.8 cm³/mol. The molecule has 0 aliphatic carbocycles. The van der Waals surface area contributed by atoms with Crippen molar-refractivity contribution in [1.29, 1.82) is 0 Å². The molecule has 1 fully saturated rings. The molecule has 1 amide bonds. The molecule has 0 radical (unpaired) electrons. The molecule has 78 valence electrons. The van der Waals surface area contributed by atoms with Gasteiger partial charge in [0, 0.05) is 11.4 Å². The average Bonchev–Trinajstić information content (AvgIpc) is 2.49. The minimum Gasteiger partial charge on any atom is -0.350 e. The largest absolute Gasteiger partial charge is 0.350 e. The summed E-state index contributed by atoms with van der Waals surface area (Å²) in [4.78, 5) is 11.4. The molecule has 15 heavy (non-hydrogen) atoms. The van der Waals surface area contributed by atoms with E-state index in [1.807, 2.05) is 24.3 Å². The van der Waals surface area contributed by atoms with Crippen LogP contribution in [0.1, 0.15) is 5.56 Å². The van der Waals surface area contributed by atoms with Gasteiger partial charge in [0.2, 0.25) is 5.91 Å². The first-order valence-corrected chi connectivity index (χ1v) is 5.30. The Morgan fingerprint density at radius 1 is 1.40 bits per heavy atom. The quantitative estimate of drug-likeness (QED) is 0.765. The van der Waals surface area contributed by atoms with Crippen molar-refractivity contribution < 1.29 is 4.79 Å². The molecule has 5 heteroatoms. The lowest BCUT2D eigenvalue weighted by Crippen LogP contribution is -2.31. The second kappa shape index (κ2) is 4.16. The first-order chi connectivity index (χ1) is 7.16. The van der Waals surface area contributed by atoms with E-state index in [1.165, 1.54) is 0 Å². The number of amides is 1. The van der Waals surface area contributed by atoms with Gasteiger partial charge < -0.3 is 10.6 Å². The number of hydrogen-bond acceptors (Lipinski definition) is 2. The third-order valence-electron chi connectivity index (χ3n) is 2.24. The van der Waals surface area contributed by atoms with Crippen LogP contribution in [0.3, 0.4) is 0 Å². The molecule has 0 bridgehead atoms. The third-order valence-corrected chi connectivity index (χ3v) is 2.83. The fourth-order valence-corrected chi connectivity index (χ4v) is 1.94. The van der Waals surface area contributed by atoms with Crippen LogP contribution in [0.4, 0.5) is 0 Å². The van der Waals surface area contributed by atoms with Crippen molar-refractivity contribution in [2.45, 2.75) is 12.5 Å². The van der Waals surface area contributed by atoms with Gasteiger partial charge in [-0.3, -0.25) is 4.79 Å². The molecule has 1 aliphatic heterocycles. The first kappa shape index (κ1) is 10.4. The van der Waals surface area contributed by atoms with Crippen molar-refractivity contribution in [3.63, 3.8) is 0 Å². The molecule has 2 N–H and O–H groups in total. The van der Waals surface area contributed by atoms with Crippen molar-refractivity contribution in [1.82, 2.24) is 10.6 Å². The number of rotatable bonds is 2. The second-order valence-electron chi connectivity index (χ2n) is 3.31. The number of benzene rings is 1. The molecule has 0 aromatic heterocycles. The van der Waals surface area contributed by atoms with E-state index in [2.05, 4.69) is 10.6 Å². The molecular formula is C10H9ClN2OS. The van der Waals surface area contributed by atoms with Gasteiger partial charge >= 0.3 is 0 Å². The van der Waals surface area contributed by atoms with Crippen molar-refractivity contribution in [3.8, 4) is 0 Å². The van der Waals surface area contributed by atoms with Crippen LogP contribution in [0.5, 0.6) is 0 Å². The molecule has 3 nitrogen and oxygen atoms in total. The maximum absolute atomic E-state index is 11.4. The van der Waals surface area contributed by atoms with Crippen LogP contribution in [-0.4, -0.2) is 17.1 Å². The Labute approximate surface area is 97.8 Å². The summed E-state index contributed by atoms with van der Waals surface area (Å²) in [6.45, 7) is 0. The summed E-state index contributed by atoms with van der Waals surface area (Å²) in [5, 5.41) is 6.49. The van der Waals surface area contributed by atoms with E-state index in [1.54, 1.807) is 0 Å². The number of nitrogens with one attached hydrogen (secondary N) is 2. The van der Waals surface area contributed by atoms with Gasteiger partial charge in [-0.15, -0.1) is 0 Å². The molecule has 0 spiro atoms. The second-order valence-corrected chi connectivity index (χ2v) is 4.13.